The minimum Gasteiger partial charge on any atom is -0.398 e. The number of halogens is 1. The van der Waals surface area contributed by atoms with Gasteiger partial charge in [-0.3, -0.25) is 8.89 Å². The average molecular weight is 312 g/mol. The third kappa shape index (κ3) is 3.22. The summed E-state index contributed by atoms with van der Waals surface area (Å²) < 4.78 is 14.4. The van der Waals surface area contributed by atoms with Gasteiger partial charge in [0.1, 0.15) is 0 Å². The van der Waals surface area contributed by atoms with Crippen molar-refractivity contribution in [3.05, 3.63) is 40.7 Å². The fraction of sp³-hybridized carbons (Fsp3) is 0.357. The number of benzene rings is 1. The Morgan fingerprint density at radius 3 is 2.75 bits per heavy atom. The smallest absolute Gasteiger partial charge is 0.0703 e. The number of nitrogens with two attached hydrogens (primary N) is 1. The van der Waals surface area contributed by atoms with Crippen LogP contribution in [0.4, 0.5) is 5.69 Å². The highest BCUT2D eigenvalue weighted by Gasteiger charge is 2.13. The molecule has 0 amide bonds. The first-order valence-corrected chi connectivity index (χ1v) is 8.23. The Balaban J connectivity index is 2.27. The summed E-state index contributed by atoms with van der Waals surface area (Å²) in [6.07, 6.45) is 0.867. The zero-order chi connectivity index (χ0) is 14.7. The van der Waals surface area contributed by atoms with Crippen molar-refractivity contribution in [1.82, 2.24) is 9.78 Å². The zero-order valence-corrected chi connectivity index (χ0v) is 13.2. The van der Waals surface area contributed by atoms with E-state index in [0.29, 0.717) is 21.4 Å². The van der Waals surface area contributed by atoms with Gasteiger partial charge in [-0.05, 0) is 37.6 Å². The zero-order valence-electron chi connectivity index (χ0n) is 11.6. The van der Waals surface area contributed by atoms with Crippen LogP contribution in [0.3, 0.4) is 0 Å². The van der Waals surface area contributed by atoms with Crippen LogP contribution in [0.15, 0.2) is 29.2 Å². The van der Waals surface area contributed by atoms with Crippen molar-refractivity contribution in [3.63, 3.8) is 0 Å². The molecule has 6 heteroatoms. The van der Waals surface area contributed by atoms with E-state index in [1.165, 1.54) is 0 Å². The molecule has 1 unspecified atom stereocenters. The summed E-state index contributed by atoms with van der Waals surface area (Å²) in [4.78, 5) is 0.583. The molecule has 1 aromatic heterocycles. The molecular weight excluding hydrogens is 294 g/mol. The highest BCUT2D eigenvalue weighted by Crippen LogP contribution is 2.23. The van der Waals surface area contributed by atoms with E-state index in [4.69, 9.17) is 17.3 Å². The molecule has 0 aliphatic heterocycles. The lowest BCUT2D eigenvalue weighted by Gasteiger charge is -2.07. The van der Waals surface area contributed by atoms with Gasteiger partial charge in [-0.2, -0.15) is 5.10 Å². The van der Waals surface area contributed by atoms with Crippen LogP contribution < -0.4 is 5.73 Å². The van der Waals surface area contributed by atoms with Gasteiger partial charge in [0, 0.05) is 17.3 Å². The molecule has 0 bridgehead atoms. The predicted molar refractivity (Wildman–Crippen MR) is 83.3 cm³/mol. The number of hydrogen-bond donors (Lipinski definition) is 1. The number of nitrogens with zero attached hydrogens (tertiary/aromatic N) is 2. The highest BCUT2D eigenvalue weighted by molar-refractivity contribution is 7.84. The number of aryl methyl sites for hydroxylation is 2. The lowest BCUT2D eigenvalue weighted by Crippen LogP contribution is -2.07. The van der Waals surface area contributed by atoms with Crippen molar-refractivity contribution < 1.29 is 4.21 Å². The van der Waals surface area contributed by atoms with Crippen LogP contribution in [-0.2, 0) is 29.5 Å². The normalized spacial score (nSPS) is 12.6. The first-order valence-electron chi connectivity index (χ1n) is 6.54. The molecule has 0 fully saturated rings. The van der Waals surface area contributed by atoms with Crippen LogP contribution in [0.1, 0.15) is 25.2 Å². The minimum absolute atomic E-state index is 0.394. The number of rotatable bonds is 5. The van der Waals surface area contributed by atoms with Crippen LogP contribution in [-0.4, -0.2) is 14.0 Å². The molecular formula is C14H18ClN3OS. The van der Waals surface area contributed by atoms with Crippen molar-refractivity contribution in [2.45, 2.75) is 37.5 Å². The summed E-state index contributed by atoms with van der Waals surface area (Å²) in [5.74, 6) is 0.394. The Morgan fingerprint density at radius 1 is 1.35 bits per heavy atom. The monoisotopic (exact) mass is 311 g/mol. The van der Waals surface area contributed by atoms with E-state index in [1.54, 1.807) is 18.2 Å². The van der Waals surface area contributed by atoms with E-state index in [-0.39, 0.29) is 0 Å². The lowest BCUT2D eigenvalue weighted by molar-refractivity contribution is 0.623. The maximum atomic E-state index is 12.5. The van der Waals surface area contributed by atoms with Gasteiger partial charge < -0.3 is 5.73 Å². The van der Waals surface area contributed by atoms with Crippen LogP contribution in [0.5, 0.6) is 0 Å². The Morgan fingerprint density at radius 2 is 2.10 bits per heavy atom. The molecule has 2 aromatic rings. The van der Waals surface area contributed by atoms with Gasteiger partial charge in [-0.15, -0.1) is 0 Å². The fourth-order valence-corrected chi connectivity index (χ4v) is 3.48. The maximum Gasteiger partial charge on any atom is 0.0703 e. The molecule has 0 radical (unpaired) electrons. The van der Waals surface area contributed by atoms with Gasteiger partial charge in [0.05, 0.1) is 32.8 Å². The van der Waals surface area contributed by atoms with Gasteiger partial charge >= 0.3 is 0 Å². The molecule has 0 aliphatic rings. The second kappa shape index (κ2) is 6.41. The van der Waals surface area contributed by atoms with E-state index in [9.17, 15) is 4.21 Å². The molecule has 2 rings (SSSR count). The third-order valence-corrected chi connectivity index (χ3v) is 4.71. The van der Waals surface area contributed by atoms with Crippen LogP contribution in [0.25, 0.3) is 0 Å². The summed E-state index contributed by atoms with van der Waals surface area (Å²) in [6, 6.07) is 7.05. The Labute approximate surface area is 126 Å². The van der Waals surface area contributed by atoms with Crippen molar-refractivity contribution >= 4 is 28.1 Å². The van der Waals surface area contributed by atoms with Crippen molar-refractivity contribution in [2.75, 3.05) is 5.73 Å². The Bertz CT molecular complexity index is 639. The second-order valence-corrected chi connectivity index (χ2v) is 6.32. The molecule has 4 nitrogen and oxygen atoms in total. The molecule has 1 heterocycles. The van der Waals surface area contributed by atoms with Gasteiger partial charge in [0.15, 0.2) is 0 Å². The first-order chi connectivity index (χ1) is 9.55. The topological polar surface area (TPSA) is 60.9 Å². The van der Waals surface area contributed by atoms with Crippen LogP contribution >= 0.6 is 11.6 Å². The quantitative estimate of drug-likeness (QED) is 0.863. The molecule has 108 valence electrons. The number of aromatic nitrogens is 2. The van der Waals surface area contributed by atoms with Crippen molar-refractivity contribution in [3.8, 4) is 0 Å². The summed E-state index contributed by atoms with van der Waals surface area (Å²) >= 11 is 5.94. The van der Waals surface area contributed by atoms with E-state index >= 15 is 0 Å². The van der Waals surface area contributed by atoms with Crippen LogP contribution in [0, 0.1) is 0 Å². The van der Waals surface area contributed by atoms with Gasteiger partial charge in [-0.25, -0.2) is 0 Å². The Hall–Kier alpha value is -1.33. The molecule has 2 N–H and O–H groups in total. The van der Waals surface area contributed by atoms with E-state index in [1.807, 2.05) is 17.7 Å². The minimum atomic E-state index is -1.23. The summed E-state index contributed by atoms with van der Waals surface area (Å²) in [5, 5.41) is 5.00. The lowest BCUT2D eigenvalue weighted by atomic mass is 10.3. The van der Waals surface area contributed by atoms with Gasteiger partial charge in [0.2, 0.25) is 0 Å². The van der Waals surface area contributed by atoms with E-state index < -0.39 is 10.8 Å². The standard InChI is InChI=1S/C14H18ClN3OS/c1-3-11-8-12(18(4-2)17-11)9-20(19)14-7-10(15)5-6-13(14)16/h5-8H,3-4,9,16H2,1-2H3. The maximum absolute atomic E-state index is 12.5. The molecule has 20 heavy (non-hydrogen) atoms. The summed E-state index contributed by atoms with van der Waals surface area (Å²) in [6.45, 7) is 4.84. The molecule has 0 saturated heterocycles. The first kappa shape index (κ1) is 15.1. The summed E-state index contributed by atoms with van der Waals surface area (Å²) in [7, 11) is -1.23. The van der Waals surface area contributed by atoms with Gasteiger partial charge in [0.25, 0.3) is 0 Å². The SMILES string of the molecule is CCc1cc(CS(=O)c2cc(Cl)ccc2N)n(CC)n1. The second-order valence-electron chi connectivity index (χ2n) is 4.47. The van der Waals surface area contributed by atoms with E-state index in [0.717, 1.165) is 24.4 Å². The molecule has 0 spiro atoms. The summed E-state index contributed by atoms with van der Waals surface area (Å²) in [5.41, 5.74) is 8.35. The fourth-order valence-electron chi connectivity index (χ4n) is 2.00. The Kier molecular flexibility index (Phi) is 4.83. The van der Waals surface area contributed by atoms with Crippen molar-refractivity contribution in [1.29, 1.82) is 0 Å². The van der Waals surface area contributed by atoms with Gasteiger partial charge in [-0.1, -0.05) is 18.5 Å². The predicted octanol–water partition coefficient (Wildman–Crippen LogP) is 3.01. The molecule has 0 aliphatic carbocycles. The largest absolute Gasteiger partial charge is 0.398 e. The van der Waals surface area contributed by atoms with E-state index in [2.05, 4.69) is 12.0 Å². The average Bonchev–Trinajstić information content (AvgIpc) is 2.83. The molecule has 0 saturated carbocycles. The van der Waals surface area contributed by atoms with Crippen LogP contribution in [0.2, 0.25) is 5.02 Å². The van der Waals surface area contributed by atoms with Crippen molar-refractivity contribution in [2.24, 2.45) is 0 Å². The number of nitrogen functional groups attached to an aromatic ring is 1. The molecule has 1 atom stereocenters. The highest BCUT2D eigenvalue weighted by atomic mass is 35.5. The number of hydrogen-bond acceptors (Lipinski definition) is 3. The third-order valence-electron chi connectivity index (χ3n) is 3.08. The molecule has 1 aromatic carbocycles. The number of anilines is 1.